The van der Waals surface area contributed by atoms with E-state index >= 15 is 0 Å². The number of anilines is 2. The number of methoxy groups -OCH3 is 2. The lowest BCUT2D eigenvalue weighted by Gasteiger charge is -2.48. The molecule has 0 radical (unpaired) electrons. The Morgan fingerprint density at radius 3 is 2.25 bits per heavy atom. The zero-order valence-electron chi connectivity index (χ0n) is 34.0. The van der Waals surface area contributed by atoms with E-state index in [9.17, 15) is 14.7 Å². The van der Waals surface area contributed by atoms with Gasteiger partial charge in [0.15, 0.2) is 0 Å². The van der Waals surface area contributed by atoms with Gasteiger partial charge in [0, 0.05) is 19.3 Å². The third kappa shape index (κ3) is 9.23. The summed E-state index contributed by atoms with van der Waals surface area (Å²) >= 11 is 0. The Hall–Kier alpha value is -3.76. The number of ether oxygens (including phenoxy) is 2. The van der Waals surface area contributed by atoms with Crippen molar-refractivity contribution in [1.82, 2.24) is 15.2 Å². The normalized spacial score (nSPS) is 23.2. The van der Waals surface area contributed by atoms with Crippen LogP contribution < -0.4 is 25.1 Å². The number of hydrogen-bond acceptors (Lipinski definition) is 8. The molecule has 5 unspecified atom stereocenters. The van der Waals surface area contributed by atoms with E-state index in [1.54, 1.807) is 14.2 Å². The first-order valence-corrected chi connectivity index (χ1v) is 19.3. The summed E-state index contributed by atoms with van der Waals surface area (Å²) in [6.07, 6.45) is 7.20. The molecule has 1 saturated carbocycles. The van der Waals surface area contributed by atoms with Crippen LogP contribution in [0.1, 0.15) is 104 Å². The van der Waals surface area contributed by atoms with Gasteiger partial charge in [-0.05, 0) is 118 Å². The number of nitrogens with zero attached hydrogens (tertiary/aromatic N) is 3. The number of rotatable bonds is 16. The summed E-state index contributed by atoms with van der Waals surface area (Å²) in [5, 5.41) is 21.6. The number of benzene rings is 2. The van der Waals surface area contributed by atoms with E-state index in [0.717, 1.165) is 74.2 Å². The molecule has 4 rings (SSSR count). The Labute approximate surface area is 313 Å². The van der Waals surface area contributed by atoms with Crippen molar-refractivity contribution < 1.29 is 24.2 Å². The summed E-state index contributed by atoms with van der Waals surface area (Å²) in [7, 11) is 9.33. The maximum Gasteiger partial charge on any atom is 0.329 e. The van der Waals surface area contributed by atoms with Gasteiger partial charge >= 0.3 is 5.97 Å². The van der Waals surface area contributed by atoms with E-state index in [-0.39, 0.29) is 23.7 Å². The highest BCUT2D eigenvalue weighted by Gasteiger charge is 2.55. The first kappa shape index (κ1) is 42.7. The number of carbonyl (C=O) groups excluding carboxylic acids is 1. The van der Waals surface area contributed by atoms with Gasteiger partial charge in [-0.3, -0.25) is 9.80 Å². The Kier molecular flexibility index (Phi) is 15.9. The summed E-state index contributed by atoms with van der Waals surface area (Å²) < 4.78 is 11.7. The molecule has 1 heterocycles. The molecule has 52 heavy (non-hydrogen) atoms. The molecule has 5 atom stereocenters. The van der Waals surface area contributed by atoms with Gasteiger partial charge in [0.1, 0.15) is 23.1 Å². The Morgan fingerprint density at radius 1 is 1.04 bits per heavy atom. The summed E-state index contributed by atoms with van der Waals surface area (Å²) in [5.74, 6) is 0.0954. The monoisotopic (exact) mass is 722 g/mol. The molecule has 0 bridgehead atoms. The largest absolute Gasteiger partial charge is 0.496 e. The molecule has 10 heteroatoms. The number of carbonyl (C=O) groups is 2. The van der Waals surface area contributed by atoms with Gasteiger partial charge in [0.05, 0.1) is 31.2 Å². The lowest BCUT2D eigenvalue weighted by molar-refractivity contribution is -0.157. The smallest absolute Gasteiger partial charge is 0.329 e. The van der Waals surface area contributed by atoms with E-state index < -0.39 is 17.6 Å². The highest BCUT2D eigenvalue weighted by atomic mass is 16.5. The van der Waals surface area contributed by atoms with Crippen LogP contribution in [0.5, 0.6) is 11.5 Å². The zero-order chi connectivity index (χ0) is 38.7. The summed E-state index contributed by atoms with van der Waals surface area (Å²) in [6, 6.07) is 11.2. The topological polar surface area (TPSA) is 107 Å². The summed E-state index contributed by atoms with van der Waals surface area (Å²) in [6.45, 7) is 16.5. The van der Waals surface area contributed by atoms with Crippen molar-refractivity contribution in [3.63, 3.8) is 0 Å². The molecule has 3 N–H and O–H groups in total. The quantitative estimate of drug-likeness (QED) is 0.148. The van der Waals surface area contributed by atoms with Gasteiger partial charge in [-0.15, -0.1) is 0 Å². The molecule has 1 aliphatic heterocycles. The predicted molar refractivity (Wildman–Crippen MR) is 214 cm³/mol. The molecule has 0 spiro atoms. The van der Waals surface area contributed by atoms with Crippen LogP contribution in [0.15, 0.2) is 42.5 Å². The van der Waals surface area contributed by atoms with Gasteiger partial charge in [-0.2, -0.15) is 0 Å². The third-order valence-electron chi connectivity index (χ3n) is 10.6. The van der Waals surface area contributed by atoms with Crippen LogP contribution >= 0.6 is 0 Å². The number of hydrogen-bond donors (Lipinski definition) is 3. The molecule has 0 aromatic heterocycles. The van der Waals surface area contributed by atoms with Crippen LogP contribution in [-0.4, -0.2) is 86.9 Å². The minimum absolute atomic E-state index is 0.163. The van der Waals surface area contributed by atoms with Crippen LogP contribution in [0, 0.1) is 17.8 Å². The fourth-order valence-corrected chi connectivity index (χ4v) is 8.16. The average Bonchev–Trinajstić information content (AvgIpc) is 3.45. The highest BCUT2D eigenvalue weighted by molar-refractivity contribution is 5.97. The standard InChI is InChI=1S/C40H61N5O5.C2H6/c1-11-15-29-23-27(4)22-28(5)40(29,39(47)48)42-38(46)34-25-33(37-35(49-9)16-14-17-36(37)50-10)45(44(34)8)32-19-18-30(24-31(32)26(2)3)41-20-12-13-21-43(6)7;1-2/h14,16-19,24-29,34,41H,11-13,15,20-23H2,1-10H3,(H,42,46)(H,47,48);1-2H3. The maximum absolute atomic E-state index is 14.6. The van der Waals surface area contributed by atoms with Crippen molar-refractivity contribution >= 4 is 28.9 Å². The van der Waals surface area contributed by atoms with Crippen molar-refractivity contribution in [2.24, 2.45) is 17.8 Å². The van der Waals surface area contributed by atoms with Crippen LogP contribution in [0.2, 0.25) is 0 Å². The number of amides is 1. The SMILES string of the molecule is CC.CCCC1CC(C)CC(C)C1(NC(=O)C1C=C(c2c(OC)cccc2OC)N(c2ccc(NCCCCN(C)C)cc2C(C)C)N1C)C(=O)O. The summed E-state index contributed by atoms with van der Waals surface area (Å²) in [5.41, 5.74) is 3.17. The molecule has 2 aromatic rings. The zero-order valence-corrected chi connectivity index (χ0v) is 34.0. The molecule has 0 saturated heterocycles. The van der Waals surface area contributed by atoms with E-state index in [4.69, 9.17) is 9.47 Å². The van der Waals surface area contributed by atoms with Gasteiger partial charge in [0.25, 0.3) is 0 Å². The summed E-state index contributed by atoms with van der Waals surface area (Å²) in [4.78, 5) is 30.0. The number of carboxylic acids is 1. The van der Waals surface area contributed by atoms with E-state index in [2.05, 4.69) is 80.5 Å². The van der Waals surface area contributed by atoms with Crippen LogP contribution in [0.3, 0.4) is 0 Å². The second-order valence-electron chi connectivity index (χ2n) is 14.9. The van der Waals surface area contributed by atoms with Crippen molar-refractivity contribution in [2.75, 3.05) is 58.8 Å². The van der Waals surface area contributed by atoms with Crippen molar-refractivity contribution in [2.45, 2.75) is 104 Å². The molecular formula is C42H67N5O5. The van der Waals surface area contributed by atoms with E-state index in [0.29, 0.717) is 23.0 Å². The lowest BCUT2D eigenvalue weighted by Crippen LogP contribution is -2.67. The van der Waals surface area contributed by atoms with Crippen molar-refractivity contribution in [3.05, 3.63) is 53.6 Å². The first-order valence-electron chi connectivity index (χ1n) is 19.3. The van der Waals surface area contributed by atoms with Gasteiger partial charge < -0.3 is 30.1 Å². The molecular weight excluding hydrogens is 654 g/mol. The molecule has 1 aliphatic carbocycles. The molecule has 2 aliphatic rings. The first-order chi connectivity index (χ1) is 24.8. The molecule has 1 amide bonds. The maximum atomic E-state index is 14.6. The van der Waals surface area contributed by atoms with Crippen molar-refractivity contribution in [3.8, 4) is 11.5 Å². The van der Waals surface area contributed by atoms with Gasteiger partial charge in [0.2, 0.25) is 5.91 Å². The fraction of sp³-hybridized carbons (Fsp3) is 0.619. The Bertz CT molecular complexity index is 1490. The van der Waals surface area contributed by atoms with Crippen LogP contribution in [0.25, 0.3) is 5.70 Å². The third-order valence-corrected chi connectivity index (χ3v) is 10.6. The minimum atomic E-state index is -1.35. The predicted octanol–water partition coefficient (Wildman–Crippen LogP) is 8.11. The number of unbranched alkanes of at least 4 members (excludes halogenated alkanes) is 1. The van der Waals surface area contributed by atoms with Gasteiger partial charge in [-0.25, -0.2) is 9.80 Å². The lowest BCUT2D eigenvalue weighted by atomic mass is 9.62. The van der Waals surface area contributed by atoms with E-state index in [1.165, 1.54) is 0 Å². The number of hydrazine groups is 1. The average molecular weight is 722 g/mol. The number of aliphatic carboxylic acids is 1. The highest BCUT2D eigenvalue weighted by Crippen LogP contribution is 2.47. The van der Waals surface area contributed by atoms with Gasteiger partial charge in [-0.1, -0.05) is 61.0 Å². The number of carboxylic acid groups (broad SMARTS) is 1. The fourth-order valence-electron chi connectivity index (χ4n) is 8.16. The minimum Gasteiger partial charge on any atom is -0.496 e. The van der Waals surface area contributed by atoms with E-state index in [1.807, 2.05) is 57.1 Å². The molecule has 1 fully saturated rings. The van der Waals surface area contributed by atoms with Crippen LogP contribution in [0.4, 0.5) is 11.4 Å². The number of nitrogens with one attached hydrogen (secondary N) is 2. The molecule has 2 aromatic carbocycles. The van der Waals surface area contributed by atoms with Crippen molar-refractivity contribution in [1.29, 1.82) is 0 Å². The molecule has 10 nitrogen and oxygen atoms in total. The van der Waals surface area contributed by atoms with Crippen LogP contribution in [-0.2, 0) is 9.59 Å². The number of likely N-dealkylation sites (N-methyl/N-ethyl adjacent to an activating group) is 1. The Balaban J connectivity index is 0.00000358. The second-order valence-corrected chi connectivity index (χ2v) is 14.9. The molecule has 290 valence electrons. The Morgan fingerprint density at radius 2 is 1.69 bits per heavy atom. The second kappa shape index (κ2) is 19.4.